The molecule has 2 N–H and O–H groups in total. The van der Waals surface area contributed by atoms with Crippen LogP contribution in [0.15, 0.2) is 36.7 Å². The molecular weight excluding hydrogens is 307 g/mol. The van der Waals surface area contributed by atoms with E-state index in [9.17, 15) is 9.50 Å². The van der Waals surface area contributed by atoms with Gasteiger partial charge in [0.25, 0.3) is 0 Å². The number of anilines is 2. The van der Waals surface area contributed by atoms with Crippen molar-refractivity contribution < 1.29 is 9.50 Å². The van der Waals surface area contributed by atoms with E-state index in [4.69, 9.17) is 0 Å². The fourth-order valence-corrected chi connectivity index (χ4v) is 3.24. The Morgan fingerprint density at radius 1 is 1.21 bits per heavy atom. The summed E-state index contributed by atoms with van der Waals surface area (Å²) in [6, 6.07) is 8.39. The molecule has 0 radical (unpaired) electrons. The Hall–Kier alpha value is -2.21. The summed E-state index contributed by atoms with van der Waals surface area (Å²) in [5.74, 6) is 2.11. The smallest absolute Gasteiger partial charge is 0.134 e. The van der Waals surface area contributed by atoms with E-state index in [1.54, 1.807) is 18.5 Å². The van der Waals surface area contributed by atoms with Crippen LogP contribution in [0.2, 0.25) is 0 Å². The zero-order valence-corrected chi connectivity index (χ0v) is 13.4. The zero-order valence-electron chi connectivity index (χ0n) is 13.4. The molecule has 126 valence electrons. The molecule has 24 heavy (non-hydrogen) atoms. The van der Waals surface area contributed by atoms with Gasteiger partial charge in [-0.2, -0.15) is 0 Å². The van der Waals surface area contributed by atoms with Gasteiger partial charge in [0.2, 0.25) is 0 Å². The lowest BCUT2D eigenvalue weighted by atomic mass is 10.0. The number of hydrogen-bond donors (Lipinski definition) is 2. The first-order chi connectivity index (χ1) is 11.7. The lowest BCUT2D eigenvalue weighted by molar-refractivity contribution is 0.194. The normalized spacial score (nSPS) is 23.5. The van der Waals surface area contributed by atoms with Crippen molar-refractivity contribution >= 4 is 11.6 Å². The van der Waals surface area contributed by atoms with Crippen LogP contribution in [-0.2, 0) is 0 Å². The Bertz CT molecular complexity index is 704. The van der Waals surface area contributed by atoms with Gasteiger partial charge in [0.15, 0.2) is 0 Å². The summed E-state index contributed by atoms with van der Waals surface area (Å²) in [6.45, 7) is 1.46. The number of β-amino-alcohol motifs (C(OH)–C–C–N with tert-alkyl or cyclic N) is 1. The average Bonchev–Trinajstić information content (AvgIpc) is 3.34. The highest BCUT2D eigenvalue weighted by molar-refractivity contribution is 5.51. The van der Waals surface area contributed by atoms with Crippen LogP contribution in [0.25, 0.3) is 0 Å². The Morgan fingerprint density at radius 3 is 2.75 bits per heavy atom. The van der Waals surface area contributed by atoms with E-state index in [0.29, 0.717) is 13.0 Å². The average molecular weight is 328 g/mol. The van der Waals surface area contributed by atoms with Crippen LogP contribution < -0.4 is 10.2 Å². The quantitative estimate of drug-likeness (QED) is 0.884. The Balaban J connectivity index is 1.56. The maximum atomic E-state index is 13.2. The highest BCUT2D eigenvalue weighted by Crippen LogP contribution is 2.36. The minimum atomic E-state index is -0.419. The molecular formula is C18H21FN4O. The molecule has 2 fully saturated rings. The van der Waals surface area contributed by atoms with Crippen molar-refractivity contribution in [2.45, 2.75) is 31.4 Å². The van der Waals surface area contributed by atoms with Crippen LogP contribution in [0.1, 0.15) is 30.9 Å². The summed E-state index contributed by atoms with van der Waals surface area (Å²) in [4.78, 5) is 10.7. The van der Waals surface area contributed by atoms with Gasteiger partial charge < -0.3 is 15.3 Å². The molecule has 0 spiro atoms. The van der Waals surface area contributed by atoms with Crippen LogP contribution in [0.5, 0.6) is 0 Å². The Kier molecular flexibility index (Phi) is 4.06. The summed E-state index contributed by atoms with van der Waals surface area (Å²) in [5.41, 5.74) is 0.985. The Morgan fingerprint density at radius 2 is 2.00 bits per heavy atom. The van der Waals surface area contributed by atoms with Gasteiger partial charge in [-0.3, -0.25) is 0 Å². The maximum Gasteiger partial charge on any atom is 0.134 e. The van der Waals surface area contributed by atoms with E-state index >= 15 is 0 Å². The fraction of sp³-hybridized carbons (Fsp3) is 0.444. The number of nitrogens with zero attached hydrogens (tertiary/aromatic N) is 3. The molecule has 1 aromatic carbocycles. The minimum Gasteiger partial charge on any atom is -0.391 e. The Labute approximate surface area is 140 Å². The second-order valence-corrected chi connectivity index (χ2v) is 6.69. The van der Waals surface area contributed by atoms with Gasteiger partial charge in [-0.25, -0.2) is 14.4 Å². The van der Waals surface area contributed by atoms with E-state index in [1.165, 1.54) is 25.0 Å². The first-order valence-corrected chi connectivity index (χ1v) is 8.45. The molecule has 2 aromatic rings. The highest BCUT2D eigenvalue weighted by Gasteiger charge is 2.33. The van der Waals surface area contributed by atoms with Crippen molar-refractivity contribution in [1.29, 1.82) is 0 Å². The van der Waals surface area contributed by atoms with E-state index in [1.807, 2.05) is 6.07 Å². The molecule has 0 unspecified atom stereocenters. The van der Waals surface area contributed by atoms with Crippen LogP contribution in [0, 0.1) is 11.7 Å². The molecule has 1 aliphatic carbocycles. The predicted molar refractivity (Wildman–Crippen MR) is 90.4 cm³/mol. The van der Waals surface area contributed by atoms with Gasteiger partial charge >= 0.3 is 0 Å². The minimum absolute atomic E-state index is 0.00761. The van der Waals surface area contributed by atoms with Gasteiger partial charge in [0.05, 0.1) is 12.1 Å². The summed E-state index contributed by atoms with van der Waals surface area (Å²) in [5, 5.41) is 13.5. The maximum absolute atomic E-state index is 13.2. The van der Waals surface area contributed by atoms with Gasteiger partial charge in [-0.1, -0.05) is 12.1 Å². The SMILES string of the molecule is O[C@H]1C[C@@H](c2ccc(F)cc2)N(c2cc(NCC3CC3)ncn2)C1. The molecule has 1 aliphatic heterocycles. The monoisotopic (exact) mass is 328 g/mol. The van der Waals surface area contributed by atoms with E-state index in [-0.39, 0.29) is 11.9 Å². The third-order valence-electron chi connectivity index (χ3n) is 4.75. The largest absolute Gasteiger partial charge is 0.391 e. The summed E-state index contributed by atoms with van der Waals surface area (Å²) >= 11 is 0. The van der Waals surface area contributed by atoms with Crippen molar-refractivity contribution in [2.24, 2.45) is 5.92 Å². The summed E-state index contributed by atoms with van der Waals surface area (Å²) in [6.07, 6.45) is 4.32. The molecule has 0 bridgehead atoms. The van der Waals surface area contributed by atoms with E-state index < -0.39 is 6.10 Å². The lowest BCUT2D eigenvalue weighted by Gasteiger charge is -2.26. The number of aliphatic hydroxyl groups is 1. The number of hydrogen-bond acceptors (Lipinski definition) is 5. The number of aliphatic hydroxyl groups excluding tert-OH is 1. The first kappa shape index (κ1) is 15.3. The topological polar surface area (TPSA) is 61.3 Å². The van der Waals surface area contributed by atoms with Crippen molar-refractivity contribution in [3.63, 3.8) is 0 Å². The second-order valence-electron chi connectivity index (χ2n) is 6.69. The first-order valence-electron chi connectivity index (χ1n) is 8.45. The van der Waals surface area contributed by atoms with Crippen LogP contribution in [-0.4, -0.2) is 34.3 Å². The summed E-state index contributed by atoms with van der Waals surface area (Å²) in [7, 11) is 0. The molecule has 1 saturated heterocycles. The zero-order chi connectivity index (χ0) is 16.5. The number of rotatable bonds is 5. The van der Waals surface area contributed by atoms with Crippen molar-refractivity contribution in [2.75, 3.05) is 23.3 Å². The molecule has 1 aromatic heterocycles. The van der Waals surface area contributed by atoms with Crippen LogP contribution in [0.3, 0.4) is 0 Å². The molecule has 5 nitrogen and oxygen atoms in total. The molecule has 1 saturated carbocycles. The number of aromatic nitrogens is 2. The van der Waals surface area contributed by atoms with Crippen molar-refractivity contribution in [1.82, 2.24) is 9.97 Å². The molecule has 6 heteroatoms. The van der Waals surface area contributed by atoms with Gasteiger partial charge in [0, 0.05) is 19.2 Å². The second kappa shape index (κ2) is 6.36. The van der Waals surface area contributed by atoms with Gasteiger partial charge in [0.1, 0.15) is 23.8 Å². The van der Waals surface area contributed by atoms with E-state index in [2.05, 4.69) is 20.2 Å². The van der Waals surface area contributed by atoms with Gasteiger partial charge in [-0.15, -0.1) is 0 Å². The third-order valence-corrected chi connectivity index (χ3v) is 4.75. The number of nitrogens with one attached hydrogen (secondary N) is 1. The van der Waals surface area contributed by atoms with Crippen molar-refractivity contribution in [3.8, 4) is 0 Å². The predicted octanol–water partition coefficient (Wildman–Crippen LogP) is 2.75. The van der Waals surface area contributed by atoms with E-state index in [0.717, 1.165) is 29.7 Å². The lowest BCUT2D eigenvalue weighted by Crippen LogP contribution is -2.25. The fourth-order valence-electron chi connectivity index (χ4n) is 3.24. The van der Waals surface area contributed by atoms with Crippen molar-refractivity contribution in [3.05, 3.63) is 48.0 Å². The summed E-state index contributed by atoms with van der Waals surface area (Å²) < 4.78 is 13.2. The standard InChI is InChI=1S/C18H21FN4O/c19-14-5-3-13(4-6-14)16-7-15(24)10-23(16)18-8-17(21-11-22-18)20-9-12-1-2-12/h3-6,8,11-12,15-16,24H,1-2,7,9-10H2,(H,20,21,22)/t15-,16-/m0/s1. The molecule has 4 rings (SSSR count). The molecule has 2 atom stereocenters. The third kappa shape index (κ3) is 3.33. The number of halogens is 1. The van der Waals surface area contributed by atoms with Gasteiger partial charge in [-0.05, 0) is 42.9 Å². The highest BCUT2D eigenvalue weighted by atomic mass is 19.1. The molecule has 0 amide bonds. The van der Waals surface area contributed by atoms with Crippen LogP contribution >= 0.6 is 0 Å². The molecule has 2 heterocycles. The number of benzene rings is 1. The van der Waals surface area contributed by atoms with Crippen LogP contribution in [0.4, 0.5) is 16.0 Å². The molecule has 2 aliphatic rings.